The van der Waals surface area contributed by atoms with E-state index in [1.54, 1.807) is 12.1 Å². The predicted molar refractivity (Wildman–Crippen MR) is 71.7 cm³/mol. The maximum atomic E-state index is 11.8. The average molecular weight is 272 g/mol. The third kappa shape index (κ3) is 4.89. The van der Waals surface area contributed by atoms with Gasteiger partial charge in [-0.05, 0) is 25.0 Å². The minimum absolute atomic E-state index is 0.158. The van der Waals surface area contributed by atoms with Crippen molar-refractivity contribution in [2.24, 2.45) is 0 Å². The largest absolute Gasteiger partial charge is 0.384 e. The molecule has 0 fully saturated rings. The van der Waals surface area contributed by atoms with Crippen molar-refractivity contribution in [1.29, 1.82) is 0 Å². The average Bonchev–Trinajstić information content (AvgIpc) is 2.36. The van der Waals surface area contributed by atoms with Gasteiger partial charge in [0, 0.05) is 19.8 Å². The van der Waals surface area contributed by atoms with Crippen LogP contribution in [0.5, 0.6) is 0 Å². The number of nitrogens with one attached hydrogen (secondary N) is 1. The molecule has 0 spiro atoms. The number of nitrogen functional groups attached to an aromatic ring is 1. The number of anilines is 1. The lowest BCUT2D eigenvalue weighted by Gasteiger charge is -2.07. The second-order valence-corrected chi connectivity index (χ2v) is 4.20. The smallest absolute Gasteiger partial charge is 0.271 e. The molecule has 0 aliphatic rings. The van der Waals surface area contributed by atoms with Crippen molar-refractivity contribution in [3.05, 3.63) is 22.8 Å². The molecule has 0 bridgehead atoms. The van der Waals surface area contributed by atoms with Gasteiger partial charge in [-0.15, -0.1) is 0 Å². The molecule has 0 atom stereocenters. The zero-order chi connectivity index (χ0) is 13.4. The lowest BCUT2D eigenvalue weighted by atomic mass is 10.3. The van der Waals surface area contributed by atoms with Gasteiger partial charge in [0.05, 0.1) is 5.02 Å². The summed E-state index contributed by atoms with van der Waals surface area (Å²) in [5.41, 5.74) is 5.66. The monoisotopic (exact) mass is 271 g/mol. The van der Waals surface area contributed by atoms with Crippen molar-refractivity contribution in [2.75, 3.05) is 25.5 Å². The van der Waals surface area contributed by atoms with Crippen LogP contribution in [-0.2, 0) is 4.74 Å². The highest BCUT2D eigenvalue weighted by atomic mass is 35.5. The van der Waals surface area contributed by atoms with Gasteiger partial charge >= 0.3 is 0 Å². The van der Waals surface area contributed by atoms with E-state index >= 15 is 0 Å². The molecule has 1 rings (SSSR count). The van der Waals surface area contributed by atoms with Crippen molar-refractivity contribution in [2.45, 2.75) is 19.8 Å². The lowest BCUT2D eigenvalue weighted by Crippen LogP contribution is -2.26. The number of ether oxygens (including phenoxy) is 1. The summed E-state index contributed by atoms with van der Waals surface area (Å²) in [6, 6.07) is 3.11. The zero-order valence-corrected chi connectivity index (χ0v) is 11.2. The SMILES string of the molecule is CCCOCCCNC(=O)c1nc(N)ccc1Cl. The van der Waals surface area contributed by atoms with Crippen LogP contribution in [0.2, 0.25) is 5.02 Å². The van der Waals surface area contributed by atoms with E-state index in [0.29, 0.717) is 18.2 Å². The summed E-state index contributed by atoms with van der Waals surface area (Å²) in [7, 11) is 0. The Bertz CT molecular complexity index is 399. The molecule has 100 valence electrons. The number of nitrogens with zero attached hydrogens (tertiary/aromatic N) is 1. The highest BCUT2D eigenvalue weighted by molar-refractivity contribution is 6.33. The van der Waals surface area contributed by atoms with Gasteiger partial charge in [0.25, 0.3) is 5.91 Å². The predicted octanol–water partition coefficient (Wildman–Crippen LogP) is 1.86. The highest BCUT2D eigenvalue weighted by Crippen LogP contribution is 2.14. The first-order valence-corrected chi connectivity index (χ1v) is 6.31. The van der Waals surface area contributed by atoms with E-state index in [2.05, 4.69) is 17.2 Å². The second-order valence-electron chi connectivity index (χ2n) is 3.79. The summed E-state index contributed by atoms with van der Waals surface area (Å²) in [6.45, 7) is 3.95. The summed E-state index contributed by atoms with van der Waals surface area (Å²) in [6.07, 6.45) is 1.75. The highest BCUT2D eigenvalue weighted by Gasteiger charge is 2.11. The fourth-order valence-electron chi connectivity index (χ4n) is 1.32. The maximum Gasteiger partial charge on any atom is 0.271 e. The molecule has 6 heteroatoms. The molecule has 1 amide bonds. The first-order chi connectivity index (χ1) is 8.65. The van der Waals surface area contributed by atoms with E-state index in [1.165, 1.54) is 0 Å². The van der Waals surface area contributed by atoms with Gasteiger partial charge in [0.1, 0.15) is 11.5 Å². The van der Waals surface area contributed by atoms with Crippen LogP contribution in [0.1, 0.15) is 30.3 Å². The number of pyridine rings is 1. The number of aromatic nitrogens is 1. The minimum Gasteiger partial charge on any atom is -0.384 e. The quantitative estimate of drug-likeness (QED) is 0.742. The number of rotatable bonds is 7. The van der Waals surface area contributed by atoms with Crippen LogP contribution in [0.15, 0.2) is 12.1 Å². The Labute approximate surface area is 112 Å². The van der Waals surface area contributed by atoms with Crippen LogP contribution < -0.4 is 11.1 Å². The number of halogens is 1. The topological polar surface area (TPSA) is 77.2 Å². The van der Waals surface area contributed by atoms with Crippen molar-refractivity contribution in [3.8, 4) is 0 Å². The fraction of sp³-hybridized carbons (Fsp3) is 0.500. The van der Waals surface area contributed by atoms with E-state index in [1.807, 2.05) is 0 Å². The molecule has 0 aliphatic heterocycles. The van der Waals surface area contributed by atoms with Crippen molar-refractivity contribution in [3.63, 3.8) is 0 Å². The molecular formula is C12H18ClN3O2. The Hall–Kier alpha value is -1.33. The molecule has 0 aliphatic carbocycles. The fourth-order valence-corrected chi connectivity index (χ4v) is 1.51. The van der Waals surface area contributed by atoms with Crippen LogP contribution in [-0.4, -0.2) is 30.6 Å². The van der Waals surface area contributed by atoms with Gasteiger partial charge in [-0.2, -0.15) is 0 Å². The minimum atomic E-state index is -0.317. The Morgan fingerprint density at radius 3 is 3.00 bits per heavy atom. The summed E-state index contributed by atoms with van der Waals surface area (Å²) >= 11 is 5.87. The molecule has 0 saturated heterocycles. The molecule has 1 aromatic rings. The molecule has 18 heavy (non-hydrogen) atoms. The Balaban J connectivity index is 2.34. The Morgan fingerprint density at radius 1 is 1.50 bits per heavy atom. The van der Waals surface area contributed by atoms with E-state index in [4.69, 9.17) is 22.1 Å². The molecule has 5 nitrogen and oxygen atoms in total. The molecule has 0 aromatic carbocycles. The van der Waals surface area contributed by atoms with Gasteiger partial charge in [-0.3, -0.25) is 4.79 Å². The summed E-state index contributed by atoms with van der Waals surface area (Å²) < 4.78 is 5.30. The van der Waals surface area contributed by atoms with E-state index < -0.39 is 0 Å². The first kappa shape index (κ1) is 14.7. The van der Waals surface area contributed by atoms with E-state index in [0.717, 1.165) is 19.4 Å². The van der Waals surface area contributed by atoms with Crippen LogP contribution in [0.25, 0.3) is 0 Å². The summed E-state index contributed by atoms with van der Waals surface area (Å²) in [4.78, 5) is 15.7. The van der Waals surface area contributed by atoms with Crippen molar-refractivity contribution in [1.82, 2.24) is 10.3 Å². The number of hydrogen-bond acceptors (Lipinski definition) is 4. The standard InChI is InChI=1S/C12H18ClN3O2/c1-2-7-18-8-3-6-15-12(17)11-9(13)4-5-10(14)16-11/h4-5H,2-3,6-8H2,1H3,(H2,14,16)(H,15,17). The molecule has 0 unspecified atom stereocenters. The van der Waals surface area contributed by atoms with Gasteiger partial charge in [-0.25, -0.2) is 4.98 Å². The molecular weight excluding hydrogens is 254 g/mol. The molecule has 0 radical (unpaired) electrons. The Morgan fingerprint density at radius 2 is 2.28 bits per heavy atom. The number of carbonyl (C=O) groups is 1. The van der Waals surface area contributed by atoms with Crippen LogP contribution in [0, 0.1) is 0 Å². The number of amides is 1. The van der Waals surface area contributed by atoms with E-state index in [9.17, 15) is 4.79 Å². The molecule has 3 N–H and O–H groups in total. The number of carbonyl (C=O) groups excluding carboxylic acids is 1. The molecule has 1 aromatic heterocycles. The van der Waals surface area contributed by atoms with Gasteiger partial charge < -0.3 is 15.8 Å². The first-order valence-electron chi connectivity index (χ1n) is 5.93. The third-order valence-electron chi connectivity index (χ3n) is 2.18. The Kier molecular flexibility index (Phi) is 6.46. The molecule has 1 heterocycles. The van der Waals surface area contributed by atoms with Crippen molar-refractivity contribution >= 4 is 23.3 Å². The van der Waals surface area contributed by atoms with Crippen molar-refractivity contribution < 1.29 is 9.53 Å². The second kappa shape index (κ2) is 7.89. The zero-order valence-electron chi connectivity index (χ0n) is 10.4. The van der Waals surface area contributed by atoms with Gasteiger partial charge in [-0.1, -0.05) is 18.5 Å². The number of nitrogens with two attached hydrogens (primary N) is 1. The number of hydrogen-bond donors (Lipinski definition) is 2. The van der Waals surface area contributed by atoms with Crippen LogP contribution in [0.4, 0.5) is 5.82 Å². The van der Waals surface area contributed by atoms with Crippen LogP contribution >= 0.6 is 11.6 Å². The lowest BCUT2D eigenvalue weighted by molar-refractivity contribution is 0.0937. The maximum absolute atomic E-state index is 11.8. The summed E-state index contributed by atoms with van der Waals surface area (Å²) in [5, 5.41) is 3.02. The molecule has 0 saturated carbocycles. The van der Waals surface area contributed by atoms with Gasteiger partial charge in [0.2, 0.25) is 0 Å². The van der Waals surface area contributed by atoms with Gasteiger partial charge in [0.15, 0.2) is 0 Å². The van der Waals surface area contributed by atoms with E-state index in [-0.39, 0.29) is 17.4 Å². The van der Waals surface area contributed by atoms with Crippen LogP contribution in [0.3, 0.4) is 0 Å². The summed E-state index contributed by atoms with van der Waals surface area (Å²) in [5.74, 6) is -0.0429. The normalized spacial score (nSPS) is 10.3. The third-order valence-corrected chi connectivity index (χ3v) is 2.49.